The van der Waals surface area contributed by atoms with E-state index in [1.54, 1.807) is 0 Å². The maximum atomic E-state index is 5.56. The Bertz CT molecular complexity index is 507. The molecule has 2 N–H and O–H groups in total. The monoisotopic (exact) mass is 202 g/mol. The Hall–Kier alpha value is -1.61. The van der Waals surface area contributed by atoms with Crippen LogP contribution in [0.1, 0.15) is 25.3 Å². The summed E-state index contributed by atoms with van der Waals surface area (Å²) < 4.78 is 5.55. The molecule has 0 unspecified atom stereocenters. The lowest BCUT2D eigenvalue weighted by Gasteiger charge is -1.92. The smallest absolute Gasteiger partial charge is 0.219 e. The van der Waals surface area contributed by atoms with Crippen molar-refractivity contribution in [3.63, 3.8) is 0 Å². The van der Waals surface area contributed by atoms with Gasteiger partial charge in [-0.2, -0.15) is 0 Å². The number of hydrogen-bond donors (Lipinski definition) is 1. The van der Waals surface area contributed by atoms with Crippen LogP contribution in [0, 0.1) is 0 Å². The fourth-order valence-corrected chi connectivity index (χ4v) is 1.43. The summed E-state index contributed by atoms with van der Waals surface area (Å²) in [5, 5.41) is 0. The van der Waals surface area contributed by atoms with Crippen LogP contribution in [-0.4, -0.2) is 4.98 Å². The summed E-state index contributed by atoms with van der Waals surface area (Å²) in [6.07, 6.45) is 1.92. The molecule has 0 aliphatic rings. The number of benzene rings is 1. The third-order valence-electron chi connectivity index (χ3n) is 2.12. The molecule has 78 valence electrons. The lowest BCUT2D eigenvalue weighted by atomic mass is 10.2. The molecule has 3 heteroatoms. The average Bonchev–Trinajstić information content (AvgIpc) is 2.57. The van der Waals surface area contributed by atoms with Gasteiger partial charge in [0.2, 0.25) is 5.89 Å². The second-order valence-electron chi connectivity index (χ2n) is 3.78. The highest BCUT2D eigenvalue weighted by Crippen LogP contribution is 2.18. The van der Waals surface area contributed by atoms with E-state index in [2.05, 4.69) is 4.98 Å². The minimum absolute atomic E-state index is 0.529. The summed E-state index contributed by atoms with van der Waals surface area (Å²) in [5.41, 5.74) is 9.47. The van der Waals surface area contributed by atoms with E-state index in [1.165, 1.54) is 5.57 Å². The van der Waals surface area contributed by atoms with E-state index >= 15 is 0 Å². The molecule has 15 heavy (non-hydrogen) atoms. The van der Waals surface area contributed by atoms with Crippen molar-refractivity contribution in [1.82, 2.24) is 4.98 Å². The number of allylic oxidation sites excluding steroid dienone is 1. The zero-order chi connectivity index (χ0) is 10.8. The van der Waals surface area contributed by atoms with Crippen LogP contribution in [0.5, 0.6) is 0 Å². The van der Waals surface area contributed by atoms with E-state index < -0.39 is 0 Å². The Morgan fingerprint density at radius 3 is 2.93 bits per heavy atom. The van der Waals surface area contributed by atoms with Crippen LogP contribution in [0.15, 0.2) is 28.2 Å². The summed E-state index contributed by atoms with van der Waals surface area (Å²) in [4.78, 5) is 4.36. The fraction of sp³-hybridized carbons (Fsp3) is 0.250. The second kappa shape index (κ2) is 3.87. The molecule has 0 aliphatic heterocycles. The number of hydrogen-bond acceptors (Lipinski definition) is 3. The van der Waals surface area contributed by atoms with Crippen molar-refractivity contribution in [2.75, 3.05) is 0 Å². The third-order valence-corrected chi connectivity index (χ3v) is 2.12. The highest BCUT2D eigenvalue weighted by molar-refractivity contribution is 5.74. The molecule has 0 radical (unpaired) electrons. The first-order chi connectivity index (χ1) is 7.19. The highest BCUT2D eigenvalue weighted by Gasteiger charge is 2.03. The van der Waals surface area contributed by atoms with E-state index in [4.69, 9.17) is 10.2 Å². The number of nitrogens with zero attached hydrogens (tertiary/aromatic N) is 1. The lowest BCUT2D eigenvalue weighted by molar-refractivity contribution is 0.588. The quantitative estimate of drug-likeness (QED) is 0.814. The number of oxazole rings is 1. The number of rotatable bonds is 2. The standard InChI is InChI=1S/C12H14N2O/c1-8(2)5-12-14-10-6-9(7-13)3-4-11(10)15-12/h3-6H,7,13H2,1-2H3. The average molecular weight is 202 g/mol. The molecule has 0 atom stereocenters. The van der Waals surface area contributed by atoms with Gasteiger partial charge in [0.05, 0.1) is 0 Å². The van der Waals surface area contributed by atoms with Crippen molar-refractivity contribution in [3.05, 3.63) is 35.2 Å². The first kappa shape index (κ1) is 9.93. The molecule has 0 bridgehead atoms. The van der Waals surface area contributed by atoms with Gasteiger partial charge in [-0.1, -0.05) is 11.6 Å². The number of nitrogens with two attached hydrogens (primary N) is 1. The number of aromatic nitrogens is 1. The van der Waals surface area contributed by atoms with Crippen molar-refractivity contribution in [3.8, 4) is 0 Å². The Morgan fingerprint density at radius 1 is 1.47 bits per heavy atom. The Balaban J connectivity index is 2.51. The van der Waals surface area contributed by atoms with E-state index in [1.807, 2.05) is 38.1 Å². The van der Waals surface area contributed by atoms with Crippen LogP contribution in [0.4, 0.5) is 0 Å². The highest BCUT2D eigenvalue weighted by atomic mass is 16.3. The number of fused-ring (bicyclic) bond motifs is 1. The molecule has 1 aromatic carbocycles. The van der Waals surface area contributed by atoms with E-state index in [9.17, 15) is 0 Å². The minimum atomic E-state index is 0.529. The predicted molar refractivity (Wildman–Crippen MR) is 61.2 cm³/mol. The van der Waals surface area contributed by atoms with Gasteiger partial charge in [-0.05, 0) is 37.6 Å². The van der Waals surface area contributed by atoms with Gasteiger partial charge in [-0.3, -0.25) is 0 Å². The molecule has 1 heterocycles. The van der Waals surface area contributed by atoms with E-state index in [0.29, 0.717) is 12.4 Å². The minimum Gasteiger partial charge on any atom is -0.437 e. The molecule has 0 fully saturated rings. The first-order valence-corrected chi connectivity index (χ1v) is 4.93. The van der Waals surface area contributed by atoms with Crippen LogP contribution in [0.25, 0.3) is 17.2 Å². The SMILES string of the molecule is CC(C)=Cc1nc2cc(CN)ccc2o1. The summed E-state index contributed by atoms with van der Waals surface area (Å²) >= 11 is 0. The molecule has 0 saturated carbocycles. The predicted octanol–water partition coefficient (Wildman–Crippen LogP) is 2.71. The van der Waals surface area contributed by atoms with Gasteiger partial charge in [0.15, 0.2) is 5.58 Å². The maximum absolute atomic E-state index is 5.56. The van der Waals surface area contributed by atoms with Gasteiger partial charge in [-0.15, -0.1) is 0 Å². The van der Waals surface area contributed by atoms with Gasteiger partial charge in [0, 0.05) is 6.54 Å². The Kier molecular flexibility index (Phi) is 2.56. The third kappa shape index (κ3) is 2.07. The zero-order valence-corrected chi connectivity index (χ0v) is 8.95. The van der Waals surface area contributed by atoms with Crippen molar-refractivity contribution >= 4 is 17.2 Å². The molecular weight excluding hydrogens is 188 g/mol. The second-order valence-corrected chi connectivity index (χ2v) is 3.78. The van der Waals surface area contributed by atoms with E-state index in [0.717, 1.165) is 16.7 Å². The van der Waals surface area contributed by atoms with Crippen LogP contribution >= 0.6 is 0 Å². The van der Waals surface area contributed by atoms with Crippen molar-refractivity contribution in [1.29, 1.82) is 0 Å². The van der Waals surface area contributed by atoms with Crippen LogP contribution < -0.4 is 5.73 Å². The molecule has 2 aromatic rings. The van der Waals surface area contributed by atoms with Crippen molar-refractivity contribution in [2.24, 2.45) is 5.73 Å². The molecular formula is C12H14N2O. The summed E-state index contributed by atoms with van der Waals surface area (Å²) in [7, 11) is 0. The van der Waals surface area contributed by atoms with Gasteiger partial charge >= 0.3 is 0 Å². The van der Waals surface area contributed by atoms with Crippen LogP contribution in [0.2, 0.25) is 0 Å². The molecule has 0 spiro atoms. The Morgan fingerprint density at radius 2 is 2.27 bits per heavy atom. The molecule has 0 aliphatic carbocycles. The Labute approximate surface area is 88.6 Å². The van der Waals surface area contributed by atoms with E-state index in [-0.39, 0.29) is 0 Å². The topological polar surface area (TPSA) is 52.0 Å². The molecule has 3 nitrogen and oxygen atoms in total. The molecule has 1 aromatic heterocycles. The summed E-state index contributed by atoms with van der Waals surface area (Å²) in [5.74, 6) is 0.652. The maximum Gasteiger partial charge on any atom is 0.219 e. The lowest BCUT2D eigenvalue weighted by Crippen LogP contribution is -1.94. The molecule has 0 saturated heterocycles. The normalized spacial score (nSPS) is 10.6. The van der Waals surface area contributed by atoms with Gasteiger partial charge in [-0.25, -0.2) is 4.98 Å². The van der Waals surface area contributed by atoms with Gasteiger partial charge in [0.1, 0.15) is 5.52 Å². The van der Waals surface area contributed by atoms with Crippen molar-refractivity contribution < 1.29 is 4.42 Å². The van der Waals surface area contributed by atoms with Gasteiger partial charge in [0.25, 0.3) is 0 Å². The van der Waals surface area contributed by atoms with Crippen molar-refractivity contribution in [2.45, 2.75) is 20.4 Å². The largest absolute Gasteiger partial charge is 0.437 e. The molecule has 2 rings (SSSR count). The zero-order valence-electron chi connectivity index (χ0n) is 8.95. The summed E-state index contributed by atoms with van der Waals surface area (Å²) in [6, 6.07) is 5.83. The first-order valence-electron chi connectivity index (χ1n) is 4.93. The molecule has 0 amide bonds. The fourth-order valence-electron chi connectivity index (χ4n) is 1.43. The summed E-state index contributed by atoms with van der Waals surface area (Å²) in [6.45, 7) is 4.56. The van der Waals surface area contributed by atoms with Crippen LogP contribution in [-0.2, 0) is 6.54 Å². The van der Waals surface area contributed by atoms with Crippen LogP contribution in [0.3, 0.4) is 0 Å². The van der Waals surface area contributed by atoms with Gasteiger partial charge < -0.3 is 10.2 Å².